The second kappa shape index (κ2) is 7.35. The first-order valence-corrected chi connectivity index (χ1v) is 11.2. The molecule has 2 atom stereocenters. The van der Waals surface area contributed by atoms with Gasteiger partial charge < -0.3 is 10.3 Å². The fourth-order valence-corrected chi connectivity index (χ4v) is 6.24. The van der Waals surface area contributed by atoms with Crippen LogP contribution in [0.25, 0.3) is 10.2 Å². The molecule has 2 N–H and O–H groups in total. The second-order valence-corrected chi connectivity index (χ2v) is 10.1. The summed E-state index contributed by atoms with van der Waals surface area (Å²) in [7, 11) is 0. The zero-order valence-electron chi connectivity index (χ0n) is 15.3. The van der Waals surface area contributed by atoms with Gasteiger partial charge in [0.2, 0.25) is 5.91 Å². The lowest BCUT2D eigenvalue weighted by molar-refractivity contribution is -0.120. The summed E-state index contributed by atoms with van der Waals surface area (Å²) >= 11 is 2.99. The Morgan fingerprint density at radius 1 is 1.35 bits per heavy atom. The van der Waals surface area contributed by atoms with Crippen LogP contribution in [0, 0.1) is 5.92 Å². The van der Waals surface area contributed by atoms with Gasteiger partial charge in [-0.1, -0.05) is 31.5 Å². The molecule has 0 bridgehead atoms. The second-order valence-electron chi connectivity index (χ2n) is 7.65. The van der Waals surface area contributed by atoms with E-state index in [4.69, 9.17) is 0 Å². The molecule has 0 unspecified atom stereocenters. The predicted molar refractivity (Wildman–Crippen MR) is 107 cm³/mol. The van der Waals surface area contributed by atoms with E-state index in [0.29, 0.717) is 17.1 Å². The number of nitrogens with one attached hydrogen (secondary N) is 2. The van der Waals surface area contributed by atoms with Gasteiger partial charge in [0, 0.05) is 10.9 Å². The molecular formula is C19H25N3O2S2. The Balaban J connectivity index is 1.53. The minimum absolute atomic E-state index is 0.0314. The van der Waals surface area contributed by atoms with Crippen LogP contribution in [0.3, 0.4) is 0 Å². The molecule has 2 heterocycles. The standard InChI is InChI=1S/C19H25N3O2S2/c1-10-7-8-13-14(9-10)26-18-15(13)17(24)21-19(22-18)25-11(2)16(23)20-12-5-3-4-6-12/h10-12H,3-9H2,1-2H3,(H,20,23)(H,21,22,24)/t10-,11+/m1/s1. The largest absolute Gasteiger partial charge is 0.352 e. The van der Waals surface area contributed by atoms with Crippen molar-refractivity contribution < 1.29 is 4.79 Å². The summed E-state index contributed by atoms with van der Waals surface area (Å²) in [5, 5.41) is 4.16. The van der Waals surface area contributed by atoms with Crippen LogP contribution in [0.1, 0.15) is 56.4 Å². The average Bonchev–Trinajstić information content (AvgIpc) is 3.21. The molecule has 1 amide bonds. The summed E-state index contributed by atoms with van der Waals surface area (Å²) in [5.74, 6) is 0.701. The summed E-state index contributed by atoms with van der Waals surface area (Å²) < 4.78 is 0. The predicted octanol–water partition coefficient (Wildman–Crippen LogP) is 3.65. The molecule has 2 aliphatic carbocycles. The number of carbonyl (C=O) groups excluding carboxylic acids is 1. The number of hydrogen-bond acceptors (Lipinski definition) is 5. The Bertz CT molecular complexity index is 883. The molecular weight excluding hydrogens is 366 g/mol. The lowest BCUT2D eigenvalue weighted by Gasteiger charge is -2.17. The number of aryl methyl sites for hydroxylation is 1. The zero-order valence-corrected chi connectivity index (χ0v) is 16.9. The summed E-state index contributed by atoms with van der Waals surface area (Å²) in [5.41, 5.74) is 1.13. The van der Waals surface area contributed by atoms with E-state index >= 15 is 0 Å². The Morgan fingerprint density at radius 2 is 2.12 bits per heavy atom. The van der Waals surface area contributed by atoms with E-state index in [2.05, 4.69) is 22.2 Å². The van der Waals surface area contributed by atoms with Gasteiger partial charge in [0.25, 0.3) is 5.56 Å². The lowest BCUT2D eigenvalue weighted by atomic mass is 9.89. The van der Waals surface area contributed by atoms with Crippen LogP contribution in [-0.4, -0.2) is 27.2 Å². The van der Waals surface area contributed by atoms with Gasteiger partial charge in [0.05, 0.1) is 10.6 Å². The fourth-order valence-electron chi connectivity index (χ4n) is 3.99. The van der Waals surface area contributed by atoms with Crippen LogP contribution in [-0.2, 0) is 17.6 Å². The van der Waals surface area contributed by atoms with E-state index < -0.39 is 0 Å². The highest BCUT2D eigenvalue weighted by Gasteiger charge is 2.25. The average molecular weight is 392 g/mol. The lowest BCUT2D eigenvalue weighted by Crippen LogP contribution is -2.37. The molecule has 1 fully saturated rings. The zero-order chi connectivity index (χ0) is 18.3. The molecule has 0 saturated heterocycles. The third-order valence-corrected chi connectivity index (χ3v) is 7.64. The molecule has 2 aromatic rings. The number of aromatic amines is 1. The Hall–Kier alpha value is -1.34. The molecule has 4 rings (SSSR count). The maximum atomic E-state index is 12.6. The normalized spacial score (nSPS) is 21.7. The van der Waals surface area contributed by atoms with Gasteiger partial charge in [0.1, 0.15) is 4.83 Å². The number of carbonyl (C=O) groups is 1. The number of thioether (sulfide) groups is 1. The minimum atomic E-state index is -0.272. The van der Waals surface area contributed by atoms with E-state index in [1.807, 2.05) is 6.92 Å². The minimum Gasteiger partial charge on any atom is -0.352 e. The highest BCUT2D eigenvalue weighted by atomic mass is 32.2. The first kappa shape index (κ1) is 18.0. The number of thiophene rings is 1. The topological polar surface area (TPSA) is 74.8 Å². The SMILES string of the molecule is C[C@@H]1CCc2c(sc3nc(S[C@@H](C)C(=O)NC4CCCC4)[nH]c(=O)c23)C1. The van der Waals surface area contributed by atoms with Crippen molar-refractivity contribution in [3.63, 3.8) is 0 Å². The van der Waals surface area contributed by atoms with E-state index in [1.165, 1.54) is 35.0 Å². The summed E-state index contributed by atoms with van der Waals surface area (Å²) in [6.07, 6.45) is 7.67. The van der Waals surface area contributed by atoms with Crippen molar-refractivity contribution in [2.24, 2.45) is 5.92 Å². The molecule has 140 valence electrons. The highest BCUT2D eigenvalue weighted by molar-refractivity contribution is 8.00. The van der Waals surface area contributed by atoms with Crippen molar-refractivity contribution in [3.8, 4) is 0 Å². The molecule has 0 radical (unpaired) electrons. The van der Waals surface area contributed by atoms with Crippen molar-refractivity contribution >= 4 is 39.2 Å². The molecule has 0 spiro atoms. The van der Waals surface area contributed by atoms with Gasteiger partial charge in [0.15, 0.2) is 5.16 Å². The molecule has 5 nitrogen and oxygen atoms in total. The number of amides is 1. The van der Waals surface area contributed by atoms with Gasteiger partial charge in [-0.3, -0.25) is 9.59 Å². The van der Waals surface area contributed by atoms with Crippen LogP contribution >= 0.6 is 23.1 Å². The molecule has 0 aromatic carbocycles. The molecule has 0 aliphatic heterocycles. The van der Waals surface area contributed by atoms with E-state index in [9.17, 15) is 9.59 Å². The number of rotatable bonds is 4. The van der Waals surface area contributed by atoms with Crippen LogP contribution < -0.4 is 10.9 Å². The summed E-state index contributed by atoms with van der Waals surface area (Å²) in [4.78, 5) is 34.7. The number of H-pyrrole nitrogens is 1. The quantitative estimate of drug-likeness (QED) is 0.616. The number of nitrogens with zero attached hydrogens (tertiary/aromatic N) is 1. The maximum Gasteiger partial charge on any atom is 0.260 e. The first-order chi connectivity index (χ1) is 12.5. The van der Waals surface area contributed by atoms with E-state index in [0.717, 1.165) is 42.3 Å². The highest BCUT2D eigenvalue weighted by Crippen LogP contribution is 2.36. The number of fused-ring (bicyclic) bond motifs is 3. The maximum absolute atomic E-state index is 12.6. The van der Waals surface area contributed by atoms with Crippen molar-refractivity contribution in [1.82, 2.24) is 15.3 Å². The third-order valence-electron chi connectivity index (χ3n) is 5.50. The van der Waals surface area contributed by atoms with Gasteiger partial charge in [-0.25, -0.2) is 4.98 Å². The van der Waals surface area contributed by atoms with E-state index in [1.54, 1.807) is 11.3 Å². The van der Waals surface area contributed by atoms with Gasteiger partial charge in [-0.05, 0) is 50.5 Å². The first-order valence-electron chi connectivity index (χ1n) is 9.53. The number of hydrogen-bond donors (Lipinski definition) is 2. The molecule has 2 aliphatic rings. The van der Waals surface area contributed by atoms with Crippen molar-refractivity contribution in [2.75, 3.05) is 0 Å². The van der Waals surface area contributed by atoms with Crippen molar-refractivity contribution in [1.29, 1.82) is 0 Å². The van der Waals surface area contributed by atoms with Crippen molar-refractivity contribution in [2.45, 2.75) is 75.2 Å². The van der Waals surface area contributed by atoms with Gasteiger partial charge >= 0.3 is 0 Å². The van der Waals surface area contributed by atoms with Crippen LogP contribution in [0.2, 0.25) is 0 Å². The monoisotopic (exact) mass is 391 g/mol. The van der Waals surface area contributed by atoms with Crippen molar-refractivity contribution in [3.05, 3.63) is 20.8 Å². The Kier molecular flexibility index (Phi) is 5.10. The fraction of sp³-hybridized carbons (Fsp3) is 0.632. The third kappa shape index (κ3) is 3.56. The molecule has 7 heteroatoms. The summed E-state index contributed by atoms with van der Waals surface area (Å²) in [6.45, 7) is 4.14. The molecule has 1 saturated carbocycles. The molecule has 2 aromatic heterocycles. The van der Waals surface area contributed by atoms with E-state index in [-0.39, 0.29) is 16.7 Å². The Labute approximate surface area is 161 Å². The van der Waals surface area contributed by atoms with Crippen LogP contribution in [0.5, 0.6) is 0 Å². The molecule has 26 heavy (non-hydrogen) atoms. The van der Waals surface area contributed by atoms with Gasteiger partial charge in [-0.15, -0.1) is 11.3 Å². The smallest absolute Gasteiger partial charge is 0.260 e. The number of aromatic nitrogens is 2. The summed E-state index contributed by atoms with van der Waals surface area (Å²) in [6, 6.07) is 0.311. The Morgan fingerprint density at radius 3 is 2.88 bits per heavy atom. The van der Waals surface area contributed by atoms with Gasteiger partial charge in [-0.2, -0.15) is 0 Å². The van der Waals surface area contributed by atoms with Crippen LogP contribution in [0.15, 0.2) is 9.95 Å². The van der Waals surface area contributed by atoms with Crippen LogP contribution in [0.4, 0.5) is 0 Å².